The Labute approximate surface area is 200 Å². The number of morpholine rings is 1. The third-order valence-electron chi connectivity index (χ3n) is 6.24. The molecule has 5 heterocycles. The number of nitrogens with two attached hydrogens (primary N) is 1. The van der Waals surface area contributed by atoms with Crippen LogP contribution in [0.25, 0.3) is 21.6 Å². The molecule has 0 atom stereocenters. The van der Waals surface area contributed by atoms with Crippen LogP contribution < -0.4 is 10.6 Å². The van der Waals surface area contributed by atoms with Crippen molar-refractivity contribution in [3.63, 3.8) is 0 Å². The van der Waals surface area contributed by atoms with E-state index in [0.717, 1.165) is 54.3 Å². The molecule has 2 N–H and O–H groups in total. The number of anilines is 2. The van der Waals surface area contributed by atoms with Gasteiger partial charge in [-0.2, -0.15) is 0 Å². The number of hydrogen-bond donors (Lipinski definition) is 1. The lowest BCUT2D eigenvalue weighted by Crippen LogP contribution is -2.48. The zero-order valence-corrected chi connectivity index (χ0v) is 19.8. The van der Waals surface area contributed by atoms with E-state index in [1.807, 2.05) is 0 Å². The summed E-state index contributed by atoms with van der Waals surface area (Å²) in [5.41, 5.74) is 8.44. The van der Waals surface area contributed by atoms with Gasteiger partial charge in [0, 0.05) is 63.1 Å². The number of rotatable bonds is 5. The molecule has 3 aromatic rings. The second-order valence-electron chi connectivity index (χ2n) is 8.35. The molecule has 12 heteroatoms. The predicted octanol–water partition coefficient (Wildman–Crippen LogP) is 0.719. The fourth-order valence-electron chi connectivity index (χ4n) is 4.25. The Balaban J connectivity index is 1.48. The molecule has 2 aliphatic heterocycles. The number of nitrogens with zero attached hydrogens (tertiary/aromatic N) is 7. The molecule has 0 bridgehead atoms. The summed E-state index contributed by atoms with van der Waals surface area (Å²) in [6.45, 7) is 8.28. The zero-order valence-electron chi connectivity index (χ0n) is 18.9. The van der Waals surface area contributed by atoms with E-state index in [9.17, 15) is 9.59 Å². The topological polar surface area (TPSA) is 131 Å². The van der Waals surface area contributed by atoms with Crippen molar-refractivity contribution >= 4 is 45.5 Å². The van der Waals surface area contributed by atoms with Gasteiger partial charge in [-0.25, -0.2) is 19.9 Å². The molecule has 1 amide bonds. The number of ether oxygens (including phenoxy) is 1. The van der Waals surface area contributed by atoms with Gasteiger partial charge in [0.1, 0.15) is 0 Å². The van der Waals surface area contributed by atoms with Crippen LogP contribution in [0.2, 0.25) is 0 Å². The fourth-order valence-corrected chi connectivity index (χ4v) is 5.55. The summed E-state index contributed by atoms with van der Waals surface area (Å²) in [5, 5.41) is 0. The number of piperazine rings is 1. The van der Waals surface area contributed by atoms with E-state index in [-0.39, 0.29) is 5.95 Å². The molecule has 0 unspecified atom stereocenters. The van der Waals surface area contributed by atoms with Gasteiger partial charge in [-0.15, -0.1) is 11.3 Å². The molecule has 2 fully saturated rings. The lowest BCUT2D eigenvalue weighted by atomic mass is 10.2. The Morgan fingerprint density at radius 3 is 2.50 bits per heavy atom. The molecule has 3 aromatic heterocycles. The van der Waals surface area contributed by atoms with Crippen LogP contribution in [0.4, 0.5) is 11.8 Å². The smallest absolute Gasteiger partial charge is 0.286 e. The second-order valence-corrected chi connectivity index (χ2v) is 9.45. The van der Waals surface area contributed by atoms with Crippen molar-refractivity contribution in [1.29, 1.82) is 0 Å². The summed E-state index contributed by atoms with van der Waals surface area (Å²) in [4.78, 5) is 47.9. The van der Waals surface area contributed by atoms with Gasteiger partial charge >= 0.3 is 0 Å². The molecule has 2 saturated heterocycles. The standard InChI is InChI=1S/C22H26N8O3S/c1-14-16(12-28-2-4-29(5-3-28)17(32)13-31)34-19-18(14)26-20(15-10-24-22(23)25-11-15)27-21(19)30-6-8-33-9-7-30/h10-11,13H,2-9,12H2,1H3,(H2,23,24,25). The van der Waals surface area contributed by atoms with Crippen LogP contribution in [0.3, 0.4) is 0 Å². The SMILES string of the molecule is Cc1c(CN2CCN(C(=O)C=O)CC2)sc2c(N3CCOCC3)nc(-c3cnc(N)nc3)nc12. The van der Waals surface area contributed by atoms with Gasteiger partial charge in [0.2, 0.25) is 12.2 Å². The molecule has 178 valence electrons. The molecule has 0 aromatic carbocycles. The summed E-state index contributed by atoms with van der Waals surface area (Å²) >= 11 is 1.72. The number of thiophene rings is 1. The average Bonchev–Trinajstić information content (AvgIpc) is 3.19. The predicted molar refractivity (Wildman–Crippen MR) is 129 cm³/mol. The van der Waals surface area contributed by atoms with Crippen LogP contribution in [-0.2, 0) is 20.9 Å². The van der Waals surface area contributed by atoms with E-state index in [4.69, 9.17) is 20.4 Å². The first kappa shape index (κ1) is 22.6. The summed E-state index contributed by atoms with van der Waals surface area (Å²) in [6, 6.07) is 0. The van der Waals surface area contributed by atoms with Crippen molar-refractivity contribution in [3.8, 4) is 11.4 Å². The van der Waals surface area contributed by atoms with E-state index in [2.05, 4.69) is 26.7 Å². The summed E-state index contributed by atoms with van der Waals surface area (Å²) < 4.78 is 6.61. The van der Waals surface area contributed by atoms with E-state index in [1.54, 1.807) is 28.6 Å². The summed E-state index contributed by atoms with van der Waals surface area (Å²) in [5.74, 6) is 1.24. The maximum absolute atomic E-state index is 11.7. The number of carbonyl (C=O) groups excluding carboxylic acids is 2. The second kappa shape index (κ2) is 9.57. The van der Waals surface area contributed by atoms with Crippen molar-refractivity contribution in [2.45, 2.75) is 13.5 Å². The first-order valence-electron chi connectivity index (χ1n) is 11.2. The Bertz CT molecular complexity index is 1200. The van der Waals surface area contributed by atoms with Crippen molar-refractivity contribution in [2.24, 2.45) is 0 Å². The lowest BCUT2D eigenvalue weighted by Gasteiger charge is -2.33. The van der Waals surface area contributed by atoms with Crippen LogP contribution in [0.1, 0.15) is 10.4 Å². The minimum atomic E-state index is -0.442. The van der Waals surface area contributed by atoms with Gasteiger partial charge in [-0.1, -0.05) is 0 Å². The van der Waals surface area contributed by atoms with E-state index >= 15 is 0 Å². The number of aryl methyl sites for hydroxylation is 1. The number of aromatic nitrogens is 4. The fraction of sp³-hybridized carbons (Fsp3) is 0.455. The molecule has 0 aliphatic carbocycles. The van der Waals surface area contributed by atoms with Crippen LogP contribution in [0.15, 0.2) is 12.4 Å². The first-order valence-corrected chi connectivity index (χ1v) is 12.0. The maximum Gasteiger partial charge on any atom is 0.286 e. The van der Waals surface area contributed by atoms with Gasteiger partial charge < -0.3 is 20.3 Å². The Hall–Kier alpha value is -3.22. The molecule has 11 nitrogen and oxygen atoms in total. The quantitative estimate of drug-likeness (QED) is 0.410. The van der Waals surface area contributed by atoms with Crippen molar-refractivity contribution < 1.29 is 14.3 Å². The highest BCUT2D eigenvalue weighted by atomic mass is 32.1. The van der Waals surface area contributed by atoms with Crippen molar-refractivity contribution in [2.75, 3.05) is 63.1 Å². The van der Waals surface area contributed by atoms with E-state index in [1.165, 1.54) is 4.88 Å². The third kappa shape index (κ3) is 4.43. The monoisotopic (exact) mass is 482 g/mol. The van der Waals surface area contributed by atoms with Crippen molar-refractivity contribution in [3.05, 3.63) is 22.8 Å². The highest BCUT2D eigenvalue weighted by Gasteiger charge is 2.25. The van der Waals surface area contributed by atoms with Gasteiger partial charge in [0.15, 0.2) is 11.6 Å². The third-order valence-corrected chi connectivity index (χ3v) is 7.50. The van der Waals surface area contributed by atoms with Crippen LogP contribution in [0.5, 0.6) is 0 Å². The zero-order chi connectivity index (χ0) is 23.7. The van der Waals surface area contributed by atoms with Crippen molar-refractivity contribution in [1.82, 2.24) is 29.7 Å². The minimum absolute atomic E-state index is 0.210. The number of carbonyl (C=O) groups is 2. The number of nitrogen functional groups attached to an aromatic ring is 1. The number of hydrogen-bond acceptors (Lipinski definition) is 11. The largest absolute Gasteiger partial charge is 0.378 e. The number of aldehydes is 1. The average molecular weight is 483 g/mol. The summed E-state index contributed by atoms with van der Waals surface area (Å²) in [6.07, 6.45) is 3.69. The van der Waals surface area contributed by atoms with Crippen LogP contribution in [-0.4, -0.2) is 94.4 Å². The molecule has 2 aliphatic rings. The molecular weight excluding hydrogens is 456 g/mol. The van der Waals surface area contributed by atoms with E-state index < -0.39 is 5.91 Å². The lowest BCUT2D eigenvalue weighted by molar-refractivity contribution is -0.140. The van der Waals surface area contributed by atoms with Gasteiger partial charge in [-0.05, 0) is 12.5 Å². The highest BCUT2D eigenvalue weighted by molar-refractivity contribution is 7.19. The minimum Gasteiger partial charge on any atom is -0.378 e. The van der Waals surface area contributed by atoms with E-state index in [0.29, 0.717) is 44.0 Å². The molecule has 5 rings (SSSR count). The Morgan fingerprint density at radius 1 is 1.12 bits per heavy atom. The normalized spacial score (nSPS) is 17.3. The summed E-state index contributed by atoms with van der Waals surface area (Å²) in [7, 11) is 0. The Morgan fingerprint density at radius 2 is 1.82 bits per heavy atom. The van der Waals surface area contributed by atoms with Crippen LogP contribution >= 0.6 is 11.3 Å². The number of fused-ring (bicyclic) bond motifs is 1. The molecular formula is C22H26N8O3S. The molecule has 0 radical (unpaired) electrons. The Kier molecular flexibility index (Phi) is 6.35. The van der Waals surface area contributed by atoms with Gasteiger partial charge in [-0.3, -0.25) is 14.5 Å². The highest BCUT2D eigenvalue weighted by Crippen LogP contribution is 2.38. The molecule has 34 heavy (non-hydrogen) atoms. The van der Waals surface area contributed by atoms with Gasteiger partial charge in [0.05, 0.1) is 29.0 Å². The number of amides is 1. The molecule has 0 spiro atoms. The van der Waals surface area contributed by atoms with Crippen LogP contribution in [0, 0.1) is 6.92 Å². The first-order chi connectivity index (χ1) is 16.5. The maximum atomic E-state index is 11.7. The molecule has 0 saturated carbocycles. The van der Waals surface area contributed by atoms with Gasteiger partial charge in [0.25, 0.3) is 5.91 Å².